The van der Waals surface area contributed by atoms with Crippen molar-refractivity contribution in [2.45, 2.75) is 237 Å². The first kappa shape index (κ1) is 54.6. The first-order valence-corrected chi connectivity index (χ1v) is 22.8. The largest absolute Gasteiger partial charge is 0.463 e. The summed E-state index contributed by atoms with van der Waals surface area (Å²) in [5.41, 5.74) is 0. The van der Waals surface area contributed by atoms with Gasteiger partial charge in [-0.15, -0.1) is 0 Å². The molecule has 59 heavy (non-hydrogen) atoms. The first-order chi connectivity index (χ1) is 28.4. The van der Waals surface area contributed by atoms with Gasteiger partial charge in [0.1, 0.15) is 37.1 Å². The van der Waals surface area contributed by atoms with Gasteiger partial charge in [-0.05, 0) is 25.7 Å². The van der Waals surface area contributed by atoms with Gasteiger partial charge in [-0.25, -0.2) is 0 Å². The van der Waals surface area contributed by atoms with Crippen molar-refractivity contribution < 1.29 is 73.1 Å². The fraction of sp³-hybridized carbons (Fsp3) is 0.909. The molecule has 0 spiro atoms. The molecule has 0 radical (unpaired) electrons. The fourth-order valence-corrected chi connectivity index (χ4v) is 6.77. The van der Waals surface area contributed by atoms with Crippen molar-refractivity contribution in [2.75, 3.05) is 19.8 Å². The molecule has 1 heterocycles. The van der Waals surface area contributed by atoms with E-state index >= 15 is 0 Å². The molecule has 5 N–H and O–H groups in total. The molecule has 15 nitrogen and oxygen atoms in total. The summed E-state index contributed by atoms with van der Waals surface area (Å²) >= 11 is 0. The van der Waals surface area contributed by atoms with E-state index in [9.17, 15) is 44.7 Å². The minimum Gasteiger partial charge on any atom is -0.463 e. The Morgan fingerprint density at radius 2 is 0.864 bits per heavy atom. The Morgan fingerprint density at radius 3 is 1.34 bits per heavy atom. The van der Waals surface area contributed by atoms with Crippen LogP contribution in [-0.2, 0) is 47.6 Å². The van der Waals surface area contributed by atoms with Crippen molar-refractivity contribution >= 4 is 23.9 Å². The smallest absolute Gasteiger partial charge is 0.306 e. The molecule has 1 rings (SSSR count). The summed E-state index contributed by atoms with van der Waals surface area (Å²) in [5.74, 6) is -2.48. The van der Waals surface area contributed by atoms with Crippen molar-refractivity contribution in [1.82, 2.24) is 0 Å². The molecule has 0 saturated carbocycles. The van der Waals surface area contributed by atoms with Gasteiger partial charge in [0.25, 0.3) is 0 Å². The van der Waals surface area contributed by atoms with Crippen molar-refractivity contribution in [3.05, 3.63) is 0 Å². The second kappa shape index (κ2) is 34.2. The van der Waals surface area contributed by atoms with E-state index < -0.39 is 98.8 Å². The van der Waals surface area contributed by atoms with E-state index in [4.69, 9.17) is 28.4 Å². The van der Waals surface area contributed by atoms with Gasteiger partial charge < -0.3 is 54.0 Å². The van der Waals surface area contributed by atoms with Crippen molar-refractivity contribution in [1.29, 1.82) is 0 Å². The zero-order valence-corrected chi connectivity index (χ0v) is 36.6. The summed E-state index contributed by atoms with van der Waals surface area (Å²) < 4.78 is 35.5. The van der Waals surface area contributed by atoms with Crippen molar-refractivity contribution in [2.24, 2.45) is 0 Å². The molecule has 0 bridgehead atoms. The summed E-state index contributed by atoms with van der Waals surface area (Å²) in [6.07, 6.45) is 3.69. The average Bonchev–Trinajstić information content (AvgIpc) is 3.22. The Bertz CT molecular complexity index is 1110. The molecule has 9 atom stereocenters. The Morgan fingerprint density at radius 1 is 0.492 bits per heavy atom. The normalized spacial score (nSPS) is 21.3. The van der Waals surface area contributed by atoms with E-state index in [0.29, 0.717) is 25.7 Å². The summed E-state index contributed by atoms with van der Waals surface area (Å²) in [6, 6.07) is 0. The van der Waals surface area contributed by atoms with Crippen LogP contribution < -0.4 is 0 Å². The van der Waals surface area contributed by atoms with Crippen LogP contribution in [0.25, 0.3) is 0 Å². The predicted octanol–water partition coefficient (Wildman–Crippen LogP) is 5.88. The lowest BCUT2D eigenvalue weighted by molar-refractivity contribution is -0.313. The topological polar surface area (TPSA) is 225 Å². The molecule has 1 fully saturated rings. The molecule has 0 aromatic carbocycles. The monoisotopic (exact) mass is 849 g/mol. The van der Waals surface area contributed by atoms with E-state index in [1.165, 1.54) is 38.5 Å². The Labute approximate surface area is 353 Å². The molecule has 0 aromatic rings. The molecule has 346 valence electrons. The van der Waals surface area contributed by atoms with E-state index in [0.717, 1.165) is 64.2 Å². The maximum atomic E-state index is 13.5. The summed E-state index contributed by atoms with van der Waals surface area (Å²) in [4.78, 5) is 52.9. The lowest BCUT2D eigenvalue weighted by Gasteiger charge is -2.44. The van der Waals surface area contributed by atoms with Gasteiger partial charge in [0.15, 0.2) is 24.6 Å². The number of hydrogen-bond donors (Lipinski definition) is 5. The van der Waals surface area contributed by atoms with Gasteiger partial charge in [0.2, 0.25) is 0 Å². The second-order valence-corrected chi connectivity index (χ2v) is 15.9. The lowest BCUT2D eigenvalue weighted by atomic mass is 9.97. The number of rotatable bonds is 36. The summed E-state index contributed by atoms with van der Waals surface area (Å²) in [5, 5.41) is 50.5. The van der Waals surface area contributed by atoms with Crippen molar-refractivity contribution in [3.63, 3.8) is 0 Å². The van der Waals surface area contributed by atoms with Crippen LogP contribution in [0.15, 0.2) is 0 Å². The third-order valence-corrected chi connectivity index (χ3v) is 10.5. The second-order valence-electron chi connectivity index (χ2n) is 15.9. The van der Waals surface area contributed by atoms with Crippen LogP contribution >= 0.6 is 0 Å². The number of aliphatic hydroxyl groups excluding tert-OH is 5. The number of esters is 4. The molecule has 0 aliphatic carbocycles. The maximum Gasteiger partial charge on any atom is 0.306 e. The Balaban J connectivity index is 3.41. The minimum absolute atomic E-state index is 0.0142. The molecular weight excluding hydrogens is 768 g/mol. The molecule has 0 aromatic heterocycles. The molecule has 0 amide bonds. The highest BCUT2D eigenvalue weighted by Gasteiger charge is 2.53. The van der Waals surface area contributed by atoms with Gasteiger partial charge in [0.05, 0.1) is 13.2 Å². The van der Waals surface area contributed by atoms with Gasteiger partial charge >= 0.3 is 23.9 Å². The van der Waals surface area contributed by atoms with Crippen LogP contribution in [0.3, 0.4) is 0 Å². The zero-order chi connectivity index (χ0) is 43.8. The zero-order valence-electron chi connectivity index (χ0n) is 36.6. The van der Waals surface area contributed by atoms with Gasteiger partial charge in [-0.3, -0.25) is 19.2 Å². The fourth-order valence-electron chi connectivity index (χ4n) is 6.77. The van der Waals surface area contributed by atoms with Crippen LogP contribution in [0, 0.1) is 0 Å². The first-order valence-electron chi connectivity index (χ1n) is 22.8. The van der Waals surface area contributed by atoms with E-state index in [1.807, 2.05) is 20.8 Å². The van der Waals surface area contributed by atoms with Gasteiger partial charge in [0, 0.05) is 25.7 Å². The summed E-state index contributed by atoms with van der Waals surface area (Å²) in [7, 11) is 0. The quantitative estimate of drug-likeness (QED) is 0.0282. The Hall–Kier alpha value is -2.40. The highest BCUT2D eigenvalue weighted by molar-refractivity contribution is 5.72. The number of unbranched alkanes of at least 4 members (excludes halogenated alkanes) is 16. The molecular formula is C44H80O15. The van der Waals surface area contributed by atoms with E-state index in [2.05, 4.69) is 6.92 Å². The number of carbonyl (C=O) groups excluding carboxylic acids is 4. The number of aliphatic hydroxyl groups is 5. The molecule has 1 aliphatic rings. The lowest BCUT2D eigenvalue weighted by Crippen LogP contribution is -2.63. The number of ether oxygens (including phenoxy) is 6. The van der Waals surface area contributed by atoms with Crippen LogP contribution in [0.1, 0.15) is 182 Å². The maximum absolute atomic E-state index is 13.5. The third-order valence-electron chi connectivity index (χ3n) is 10.5. The molecule has 15 heteroatoms. The molecule has 1 saturated heterocycles. The predicted molar refractivity (Wildman–Crippen MR) is 220 cm³/mol. The summed E-state index contributed by atoms with van der Waals surface area (Å²) in [6.45, 7) is 6.07. The van der Waals surface area contributed by atoms with Crippen molar-refractivity contribution in [3.8, 4) is 0 Å². The highest BCUT2D eigenvalue weighted by atomic mass is 16.7. The number of carbonyl (C=O) groups is 4. The van der Waals surface area contributed by atoms with Crippen LogP contribution in [-0.4, -0.2) is 124 Å². The average molecular weight is 849 g/mol. The highest BCUT2D eigenvalue weighted by Crippen LogP contribution is 2.31. The van der Waals surface area contributed by atoms with E-state index in [-0.39, 0.29) is 25.7 Å². The van der Waals surface area contributed by atoms with Crippen LogP contribution in [0.4, 0.5) is 0 Å². The van der Waals surface area contributed by atoms with E-state index in [1.54, 1.807) is 0 Å². The van der Waals surface area contributed by atoms with Crippen LogP contribution in [0.5, 0.6) is 0 Å². The minimum atomic E-state index is -1.98. The SMILES string of the molecule is CCCCCCCCCCCCCC(=O)O[C@@H]1[C@H](OC[C@@H](O)[C@@H](O)[C@H](O)[C@H](O)CO)O[C@H](COC(=O)CCCCC)[C@@H](OC(=O)CCCCC)[C@@H]1OC(=O)CCCCC. The third kappa shape index (κ3) is 24.0. The Kier molecular flexibility index (Phi) is 31.7. The number of hydrogen-bond acceptors (Lipinski definition) is 15. The van der Waals surface area contributed by atoms with Gasteiger partial charge in [-0.2, -0.15) is 0 Å². The molecule has 1 aliphatic heterocycles. The standard InChI is InChI=1S/C44H80O15/c1-5-9-13-14-15-16-17-18-19-20-24-28-38(51)59-43-42(58-37(50)27-23-12-8-4)41(57-36(49)26-22-11-7-3)34(31-54-35(48)25-21-10-6-2)56-44(43)55-30-33(47)40(53)39(52)32(46)29-45/h32-34,39-47,52-53H,5-31H2,1-4H3/t32-,33-,34-,39-,40-,41-,42+,43+,44-/m1/s1. The van der Waals surface area contributed by atoms with Gasteiger partial charge in [-0.1, -0.05) is 130 Å². The molecule has 0 unspecified atom stereocenters. The van der Waals surface area contributed by atoms with Crippen LogP contribution in [0.2, 0.25) is 0 Å².